The maximum atomic E-state index is 13.4. The van der Waals surface area contributed by atoms with Crippen LogP contribution in [0.2, 0.25) is 0 Å². The van der Waals surface area contributed by atoms with E-state index in [-0.39, 0.29) is 16.8 Å². The number of nitrogens with zero attached hydrogens (tertiary/aromatic N) is 3. The number of aryl methyl sites for hydroxylation is 1. The molecule has 4 rings (SSSR count). The Kier molecular flexibility index (Phi) is 4.12. The quantitative estimate of drug-likeness (QED) is 0.583. The van der Waals surface area contributed by atoms with Gasteiger partial charge < -0.3 is 10.3 Å². The van der Waals surface area contributed by atoms with Gasteiger partial charge in [0.05, 0.1) is 11.4 Å². The highest BCUT2D eigenvalue weighted by Gasteiger charge is 2.16. The second-order valence-corrected chi connectivity index (χ2v) is 6.10. The summed E-state index contributed by atoms with van der Waals surface area (Å²) in [4.78, 5) is 28.8. The highest BCUT2D eigenvalue weighted by atomic mass is 19.1. The third-order valence-corrected chi connectivity index (χ3v) is 4.18. The molecule has 0 aliphatic rings. The Morgan fingerprint density at radius 3 is 2.44 bits per heavy atom. The molecule has 0 saturated heterocycles. The molecule has 0 saturated carbocycles. The summed E-state index contributed by atoms with van der Waals surface area (Å²) >= 11 is 0. The van der Waals surface area contributed by atoms with Crippen LogP contribution in [0, 0.1) is 12.7 Å². The van der Waals surface area contributed by atoms with Crippen molar-refractivity contribution in [3.8, 4) is 22.5 Å². The molecule has 7 heteroatoms. The number of aromatic amines is 1. The number of hydrogen-bond acceptors (Lipinski definition) is 5. The van der Waals surface area contributed by atoms with Gasteiger partial charge in [-0.25, -0.2) is 19.3 Å². The Hall–Kier alpha value is -3.61. The minimum atomic E-state index is -0.334. The van der Waals surface area contributed by atoms with Gasteiger partial charge in [0.2, 0.25) is 5.43 Å². The molecule has 4 aromatic rings. The second kappa shape index (κ2) is 6.60. The van der Waals surface area contributed by atoms with Crippen LogP contribution in [0.1, 0.15) is 5.69 Å². The Morgan fingerprint density at radius 2 is 1.70 bits per heavy atom. The number of anilines is 1. The number of rotatable bonds is 3. The first-order valence-corrected chi connectivity index (χ1v) is 8.37. The second-order valence-electron chi connectivity index (χ2n) is 6.10. The van der Waals surface area contributed by atoms with E-state index >= 15 is 0 Å². The van der Waals surface area contributed by atoms with Crippen LogP contribution in [-0.2, 0) is 0 Å². The van der Waals surface area contributed by atoms with Gasteiger partial charge in [-0.1, -0.05) is 0 Å². The zero-order chi connectivity index (χ0) is 19.0. The molecule has 0 atom stereocenters. The molecule has 0 amide bonds. The molecule has 0 aliphatic carbocycles. The van der Waals surface area contributed by atoms with Gasteiger partial charge in [0.15, 0.2) is 11.2 Å². The van der Waals surface area contributed by atoms with Crippen molar-refractivity contribution < 1.29 is 4.39 Å². The largest absolute Gasteiger partial charge is 0.373 e. The van der Waals surface area contributed by atoms with E-state index < -0.39 is 0 Å². The lowest BCUT2D eigenvalue weighted by Crippen LogP contribution is -2.07. The SMILES string of the molecule is CNc1cc(-c2nc3c(=O)cc[nH]c3nc2-c2ccc(F)cc2)cc(C)n1. The average Bonchev–Trinajstić information content (AvgIpc) is 2.67. The molecule has 0 spiro atoms. The van der Waals surface area contributed by atoms with E-state index in [2.05, 4.69) is 25.3 Å². The van der Waals surface area contributed by atoms with Crippen molar-refractivity contribution in [2.24, 2.45) is 0 Å². The summed E-state index contributed by atoms with van der Waals surface area (Å²) in [5, 5.41) is 3.02. The van der Waals surface area contributed by atoms with Crippen molar-refractivity contribution >= 4 is 17.0 Å². The lowest BCUT2D eigenvalue weighted by molar-refractivity contribution is 0.628. The fraction of sp³-hybridized carbons (Fsp3) is 0.100. The number of nitrogens with one attached hydrogen (secondary N) is 2. The summed E-state index contributed by atoms with van der Waals surface area (Å²) in [5.74, 6) is 0.346. The zero-order valence-electron chi connectivity index (χ0n) is 14.7. The Morgan fingerprint density at radius 1 is 0.963 bits per heavy atom. The molecule has 27 heavy (non-hydrogen) atoms. The predicted molar refractivity (Wildman–Crippen MR) is 103 cm³/mol. The molecule has 2 N–H and O–H groups in total. The normalized spacial score (nSPS) is 10.9. The average molecular weight is 361 g/mol. The lowest BCUT2D eigenvalue weighted by Gasteiger charge is -2.12. The van der Waals surface area contributed by atoms with E-state index in [4.69, 9.17) is 0 Å². The van der Waals surface area contributed by atoms with Gasteiger partial charge in [-0.2, -0.15) is 0 Å². The number of halogens is 1. The van der Waals surface area contributed by atoms with Gasteiger partial charge in [-0.15, -0.1) is 0 Å². The summed E-state index contributed by atoms with van der Waals surface area (Å²) in [5.41, 5.74) is 3.76. The Labute approximate surface area is 154 Å². The molecule has 0 bridgehead atoms. The highest BCUT2D eigenvalue weighted by molar-refractivity contribution is 5.85. The lowest BCUT2D eigenvalue weighted by atomic mass is 10.0. The van der Waals surface area contributed by atoms with Gasteiger partial charge in [0, 0.05) is 36.1 Å². The van der Waals surface area contributed by atoms with Gasteiger partial charge in [0.25, 0.3) is 0 Å². The van der Waals surface area contributed by atoms with Crippen molar-refractivity contribution in [2.45, 2.75) is 6.92 Å². The number of fused-ring (bicyclic) bond motifs is 1. The van der Waals surface area contributed by atoms with Crippen LogP contribution in [-0.4, -0.2) is 27.0 Å². The molecule has 0 aliphatic heterocycles. The van der Waals surface area contributed by atoms with Crippen molar-refractivity contribution in [3.63, 3.8) is 0 Å². The van der Waals surface area contributed by atoms with Gasteiger partial charge in [0.1, 0.15) is 11.6 Å². The Bertz CT molecular complexity index is 1200. The number of aromatic nitrogens is 4. The van der Waals surface area contributed by atoms with Crippen LogP contribution in [0.5, 0.6) is 0 Å². The molecular formula is C20H16FN5O. The summed E-state index contributed by atoms with van der Waals surface area (Å²) in [7, 11) is 1.78. The van der Waals surface area contributed by atoms with Crippen molar-refractivity contribution in [2.75, 3.05) is 12.4 Å². The van der Waals surface area contributed by atoms with Gasteiger partial charge in [-0.05, 0) is 43.3 Å². The van der Waals surface area contributed by atoms with Crippen LogP contribution in [0.4, 0.5) is 10.2 Å². The smallest absolute Gasteiger partial charge is 0.209 e. The monoisotopic (exact) mass is 361 g/mol. The molecule has 6 nitrogen and oxygen atoms in total. The molecule has 134 valence electrons. The fourth-order valence-electron chi connectivity index (χ4n) is 2.93. The van der Waals surface area contributed by atoms with Crippen molar-refractivity contribution in [1.29, 1.82) is 0 Å². The molecule has 0 unspecified atom stereocenters. The molecular weight excluding hydrogens is 345 g/mol. The summed E-state index contributed by atoms with van der Waals surface area (Å²) in [6.07, 6.45) is 1.53. The molecule has 1 aromatic carbocycles. The van der Waals surface area contributed by atoms with Crippen LogP contribution < -0.4 is 10.7 Å². The standard InChI is InChI=1S/C20H16FN5O/c1-11-9-13(10-16(22-2)24-11)18-17(12-3-5-14(21)6-4-12)26-20-19(25-18)15(27)7-8-23-20/h3-10H,1-2H3,(H,22,24)(H,23,26,27). The summed E-state index contributed by atoms with van der Waals surface area (Å²) < 4.78 is 13.4. The first kappa shape index (κ1) is 16.8. The van der Waals surface area contributed by atoms with E-state index in [1.54, 1.807) is 19.2 Å². The predicted octanol–water partition coefficient (Wildman–Crippen LogP) is 3.54. The maximum absolute atomic E-state index is 13.4. The van der Waals surface area contributed by atoms with Crippen LogP contribution in [0.15, 0.2) is 53.5 Å². The number of benzene rings is 1. The Balaban J connectivity index is 2.06. The highest BCUT2D eigenvalue weighted by Crippen LogP contribution is 2.31. The number of hydrogen-bond donors (Lipinski definition) is 2. The van der Waals surface area contributed by atoms with Crippen LogP contribution >= 0.6 is 0 Å². The maximum Gasteiger partial charge on any atom is 0.209 e. The van der Waals surface area contributed by atoms with E-state index in [1.807, 2.05) is 19.1 Å². The van der Waals surface area contributed by atoms with E-state index in [1.165, 1.54) is 24.4 Å². The van der Waals surface area contributed by atoms with Crippen molar-refractivity contribution in [1.82, 2.24) is 19.9 Å². The topological polar surface area (TPSA) is 83.6 Å². The third-order valence-electron chi connectivity index (χ3n) is 4.18. The summed E-state index contributed by atoms with van der Waals surface area (Å²) in [6.45, 7) is 1.88. The van der Waals surface area contributed by atoms with E-state index in [0.717, 1.165) is 11.3 Å². The minimum absolute atomic E-state index is 0.220. The first-order valence-electron chi connectivity index (χ1n) is 8.37. The summed E-state index contributed by atoms with van der Waals surface area (Å²) in [6, 6.07) is 11.2. The molecule has 3 aromatic heterocycles. The van der Waals surface area contributed by atoms with Crippen molar-refractivity contribution in [3.05, 3.63) is 70.4 Å². The molecule has 0 fully saturated rings. The minimum Gasteiger partial charge on any atom is -0.373 e. The third kappa shape index (κ3) is 3.15. The number of H-pyrrole nitrogens is 1. The first-order chi connectivity index (χ1) is 13.0. The fourth-order valence-corrected chi connectivity index (χ4v) is 2.93. The van der Waals surface area contributed by atoms with Crippen LogP contribution in [0.3, 0.4) is 0 Å². The van der Waals surface area contributed by atoms with E-state index in [0.29, 0.717) is 28.4 Å². The number of pyridine rings is 2. The molecule has 3 heterocycles. The van der Waals surface area contributed by atoms with Crippen LogP contribution in [0.25, 0.3) is 33.7 Å². The van der Waals surface area contributed by atoms with Gasteiger partial charge in [-0.3, -0.25) is 4.79 Å². The van der Waals surface area contributed by atoms with E-state index in [9.17, 15) is 9.18 Å². The zero-order valence-corrected chi connectivity index (χ0v) is 14.7. The van der Waals surface area contributed by atoms with Gasteiger partial charge >= 0.3 is 0 Å². The molecule has 0 radical (unpaired) electrons.